The number of rotatable bonds is 4. The van der Waals surface area contributed by atoms with Crippen molar-refractivity contribution in [2.75, 3.05) is 7.11 Å². The minimum Gasteiger partial charge on any atom is -0.495 e. The van der Waals surface area contributed by atoms with Gasteiger partial charge < -0.3 is 4.74 Å². The highest BCUT2D eigenvalue weighted by Crippen LogP contribution is 2.25. The summed E-state index contributed by atoms with van der Waals surface area (Å²) in [6.07, 6.45) is 0.546. The Bertz CT molecular complexity index is 359. The molecule has 0 saturated carbocycles. The Morgan fingerprint density at radius 2 is 2.13 bits per heavy atom. The van der Waals surface area contributed by atoms with Crippen LogP contribution >= 0.6 is 11.6 Å². The van der Waals surface area contributed by atoms with Gasteiger partial charge in [0, 0.05) is 12.0 Å². The van der Waals surface area contributed by atoms with Crippen LogP contribution in [0.4, 0.5) is 0 Å². The van der Waals surface area contributed by atoms with Crippen molar-refractivity contribution in [3.8, 4) is 5.75 Å². The van der Waals surface area contributed by atoms with E-state index in [2.05, 4.69) is 0 Å². The topological polar surface area (TPSA) is 26.3 Å². The Morgan fingerprint density at radius 3 is 2.67 bits per heavy atom. The molecule has 0 heterocycles. The van der Waals surface area contributed by atoms with Crippen molar-refractivity contribution in [2.45, 2.75) is 20.3 Å². The highest BCUT2D eigenvalue weighted by atomic mass is 35.5. The molecule has 0 saturated heterocycles. The molecule has 0 spiro atoms. The Hall–Kier alpha value is -1.02. The number of halogens is 1. The summed E-state index contributed by atoms with van der Waals surface area (Å²) in [4.78, 5) is 11.7. The van der Waals surface area contributed by atoms with Gasteiger partial charge >= 0.3 is 0 Å². The van der Waals surface area contributed by atoms with Crippen LogP contribution in [0.25, 0.3) is 0 Å². The zero-order valence-corrected chi connectivity index (χ0v) is 9.97. The summed E-state index contributed by atoms with van der Waals surface area (Å²) in [7, 11) is 1.54. The summed E-state index contributed by atoms with van der Waals surface area (Å²) < 4.78 is 5.06. The van der Waals surface area contributed by atoms with Crippen LogP contribution in [0.5, 0.6) is 5.75 Å². The number of hydrogen-bond donors (Lipinski definition) is 0. The molecule has 15 heavy (non-hydrogen) atoms. The van der Waals surface area contributed by atoms with Gasteiger partial charge in [-0.3, -0.25) is 4.79 Å². The van der Waals surface area contributed by atoms with Gasteiger partial charge in [-0.2, -0.15) is 0 Å². The van der Waals surface area contributed by atoms with Crippen molar-refractivity contribution < 1.29 is 9.53 Å². The highest BCUT2D eigenvalue weighted by molar-refractivity contribution is 6.32. The van der Waals surface area contributed by atoms with Crippen molar-refractivity contribution in [3.63, 3.8) is 0 Å². The second kappa shape index (κ2) is 5.17. The Balaban J connectivity index is 2.91. The third kappa shape index (κ3) is 3.24. The fraction of sp³-hybridized carbons (Fsp3) is 0.417. The third-order valence-corrected chi connectivity index (χ3v) is 2.38. The van der Waals surface area contributed by atoms with Gasteiger partial charge in [0.15, 0.2) is 5.78 Å². The zero-order valence-electron chi connectivity index (χ0n) is 9.21. The van der Waals surface area contributed by atoms with E-state index < -0.39 is 0 Å². The van der Waals surface area contributed by atoms with Gasteiger partial charge in [-0.1, -0.05) is 25.4 Å². The van der Waals surface area contributed by atoms with Gasteiger partial charge in [0.2, 0.25) is 0 Å². The fourth-order valence-electron chi connectivity index (χ4n) is 1.32. The molecule has 0 unspecified atom stereocenters. The quantitative estimate of drug-likeness (QED) is 0.734. The molecular formula is C12H15ClO2. The van der Waals surface area contributed by atoms with Crippen molar-refractivity contribution in [1.82, 2.24) is 0 Å². The number of methoxy groups -OCH3 is 1. The normalized spacial score (nSPS) is 10.5. The van der Waals surface area contributed by atoms with Crippen molar-refractivity contribution >= 4 is 17.4 Å². The first kappa shape index (κ1) is 12.1. The van der Waals surface area contributed by atoms with Crippen LogP contribution in [-0.4, -0.2) is 12.9 Å². The lowest BCUT2D eigenvalue weighted by molar-refractivity contribution is 0.0967. The highest BCUT2D eigenvalue weighted by Gasteiger charge is 2.10. The Morgan fingerprint density at radius 1 is 1.47 bits per heavy atom. The lowest BCUT2D eigenvalue weighted by atomic mass is 10.0. The van der Waals surface area contributed by atoms with Gasteiger partial charge in [0.25, 0.3) is 0 Å². The summed E-state index contributed by atoms with van der Waals surface area (Å²) in [5.41, 5.74) is 0.657. The van der Waals surface area contributed by atoms with Gasteiger partial charge in [-0.15, -0.1) is 0 Å². The molecule has 0 amide bonds. The van der Waals surface area contributed by atoms with Crippen LogP contribution in [0.3, 0.4) is 0 Å². The first-order valence-corrected chi connectivity index (χ1v) is 5.29. The van der Waals surface area contributed by atoms with E-state index >= 15 is 0 Å². The van der Waals surface area contributed by atoms with E-state index in [0.717, 1.165) is 0 Å². The zero-order chi connectivity index (χ0) is 11.4. The predicted octanol–water partition coefficient (Wildman–Crippen LogP) is 3.58. The molecule has 1 aromatic rings. The number of ether oxygens (including phenoxy) is 1. The summed E-state index contributed by atoms with van der Waals surface area (Å²) in [6.45, 7) is 4.04. The van der Waals surface area contributed by atoms with Gasteiger partial charge in [-0.05, 0) is 24.1 Å². The Kier molecular flexibility index (Phi) is 4.15. The smallest absolute Gasteiger partial charge is 0.163 e. The maximum absolute atomic E-state index is 11.7. The number of ketones is 1. The van der Waals surface area contributed by atoms with E-state index in [1.807, 2.05) is 13.8 Å². The fourth-order valence-corrected chi connectivity index (χ4v) is 1.52. The largest absolute Gasteiger partial charge is 0.495 e. The van der Waals surface area contributed by atoms with Crippen LogP contribution in [0.2, 0.25) is 5.02 Å². The summed E-state index contributed by atoms with van der Waals surface area (Å²) in [5.74, 6) is 1.03. The standard InChI is InChI=1S/C12H15ClO2/c1-8(2)6-11(14)9-4-5-10(13)12(7-9)15-3/h4-5,7-8H,6H2,1-3H3. The third-order valence-electron chi connectivity index (χ3n) is 2.07. The second-order valence-corrected chi connectivity index (χ2v) is 4.28. The van der Waals surface area contributed by atoms with E-state index in [1.165, 1.54) is 7.11 Å². The molecule has 0 aromatic heterocycles. The summed E-state index contributed by atoms with van der Waals surface area (Å²) in [5, 5.41) is 0.526. The van der Waals surface area contributed by atoms with Crippen LogP contribution in [0.1, 0.15) is 30.6 Å². The van der Waals surface area contributed by atoms with E-state index in [4.69, 9.17) is 16.3 Å². The molecule has 1 rings (SSSR count). The molecule has 0 radical (unpaired) electrons. The SMILES string of the molecule is COc1cc(C(=O)CC(C)C)ccc1Cl. The lowest BCUT2D eigenvalue weighted by Gasteiger charge is -2.07. The van der Waals surface area contributed by atoms with Crippen molar-refractivity contribution in [1.29, 1.82) is 0 Å². The van der Waals surface area contributed by atoms with Crippen LogP contribution < -0.4 is 4.74 Å². The number of hydrogen-bond acceptors (Lipinski definition) is 2. The lowest BCUT2D eigenvalue weighted by Crippen LogP contribution is -2.03. The van der Waals surface area contributed by atoms with Crippen LogP contribution in [0, 0.1) is 5.92 Å². The minimum absolute atomic E-state index is 0.125. The second-order valence-electron chi connectivity index (χ2n) is 3.87. The number of Topliss-reactive ketones (excluding diaryl/α,β-unsaturated/α-hetero) is 1. The van der Waals surface area contributed by atoms with Crippen LogP contribution in [0.15, 0.2) is 18.2 Å². The predicted molar refractivity (Wildman–Crippen MR) is 61.8 cm³/mol. The van der Waals surface area contributed by atoms with Gasteiger partial charge in [0.1, 0.15) is 5.75 Å². The van der Waals surface area contributed by atoms with E-state index in [1.54, 1.807) is 18.2 Å². The van der Waals surface area contributed by atoms with E-state index in [0.29, 0.717) is 28.7 Å². The maximum Gasteiger partial charge on any atom is 0.163 e. The van der Waals surface area contributed by atoms with Gasteiger partial charge in [-0.25, -0.2) is 0 Å². The first-order chi connectivity index (χ1) is 7.04. The van der Waals surface area contributed by atoms with E-state index in [-0.39, 0.29) is 5.78 Å². The molecule has 2 nitrogen and oxygen atoms in total. The molecule has 0 fully saturated rings. The molecule has 0 bridgehead atoms. The molecule has 0 aliphatic carbocycles. The number of carbonyl (C=O) groups is 1. The number of carbonyl (C=O) groups excluding carboxylic acids is 1. The first-order valence-electron chi connectivity index (χ1n) is 4.91. The molecule has 82 valence electrons. The van der Waals surface area contributed by atoms with Crippen molar-refractivity contribution in [3.05, 3.63) is 28.8 Å². The average Bonchev–Trinajstić information content (AvgIpc) is 2.17. The molecule has 0 N–H and O–H groups in total. The summed E-state index contributed by atoms with van der Waals surface area (Å²) in [6, 6.07) is 5.11. The number of benzene rings is 1. The molecule has 0 atom stereocenters. The molecular weight excluding hydrogens is 212 g/mol. The molecule has 0 aliphatic heterocycles. The van der Waals surface area contributed by atoms with E-state index in [9.17, 15) is 4.79 Å². The molecule has 0 aliphatic rings. The molecule has 1 aromatic carbocycles. The Labute approximate surface area is 95.2 Å². The maximum atomic E-state index is 11.7. The monoisotopic (exact) mass is 226 g/mol. The summed E-state index contributed by atoms with van der Waals surface area (Å²) >= 11 is 5.87. The van der Waals surface area contributed by atoms with Crippen LogP contribution in [-0.2, 0) is 0 Å². The average molecular weight is 227 g/mol. The van der Waals surface area contributed by atoms with Crippen molar-refractivity contribution in [2.24, 2.45) is 5.92 Å². The molecule has 3 heteroatoms. The minimum atomic E-state index is 0.125. The van der Waals surface area contributed by atoms with Gasteiger partial charge in [0.05, 0.1) is 12.1 Å².